The third-order valence-electron chi connectivity index (χ3n) is 2.77. The van der Waals surface area contributed by atoms with Gasteiger partial charge in [0.05, 0.1) is 5.56 Å². The summed E-state index contributed by atoms with van der Waals surface area (Å²) in [5, 5.41) is 0. The number of carbonyl (C=O) groups excluding carboxylic acids is 2. The molecule has 0 radical (unpaired) electrons. The van der Waals surface area contributed by atoms with Gasteiger partial charge < -0.3 is 14.5 Å². The van der Waals surface area contributed by atoms with E-state index >= 15 is 0 Å². The van der Waals surface area contributed by atoms with E-state index in [-0.39, 0.29) is 6.79 Å². The molecule has 0 bridgehead atoms. The zero-order chi connectivity index (χ0) is 13.9. The van der Waals surface area contributed by atoms with E-state index in [9.17, 15) is 9.59 Å². The van der Waals surface area contributed by atoms with E-state index in [4.69, 9.17) is 9.47 Å². The fraction of sp³-hybridized carbons (Fsp3) is 0.0769. The zero-order valence-corrected chi connectivity index (χ0v) is 10.3. The standard InChI is InChI=1S/C13H11N3O4/c17-12(15-16-13(18)9-4-2-6-14-9)8-3-1-5-10-11(8)20-7-19-10/h1-6,14H,7H2,(H,15,17)(H,16,18). The summed E-state index contributed by atoms with van der Waals surface area (Å²) in [6.07, 6.45) is 1.62. The lowest BCUT2D eigenvalue weighted by molar-refractivity contribution is 0.0841. The highest BCUT2D eigenvalue weighted by atomic mass is 16.7. The number of carbonyl (C=O) groups is 2. The minimum absolute atomic E-state index is 0.0778. The number of aromatic nitrogens is 1. The molecule has 20 heavy (non-hydrogen) atoms. The van der Waals surface area contributed by atoms with E-state index in [0.29, 0.717) is 22.8 Å². The lowest BCUT2D eigenvalue weighted by Crippen LogP contribution is -2.41. The molecule has 1 aliphatic heterocycles. The van der Waals surface area contributed by atoms with Gasteiger partial charge >= 0.3 is 0 Å². The maximum atomic E-state index is 12.0. The maximum Gasteiger partial charge on any atom is 0.286 e. The van der Waals surface area contributed by atoms with Crippen molar-refractivity contribution in [1.29, 1.82) is 0 Å². The van der Waals surface area contributed by atoms with Crippen LogP contribution in [0.3, 0.4) is 0 Å². The van der Waals surface area contributed by atoms with E-state index < -0.39 is 11.8 Å². The Labute approximate surface area is 113 Å². The van der Waals surface area contributed by atoms with Gasteiger partial charge in [-0.2, -0.15) is 0 Å². The van der Waals surface area contributed by atoms with Gasteiger partial charge in [-0.1, -0.05) is 6.07 Å². The van der Waals surface area contributed by atoms with E-state index in [1.54, 1.807) is 36.5 Å². The Bertz CT molecular complexity index is 652. The molecule has 102 valence electrons. The number of amides is 2. The number of hydrazine groups is 1. The SMILES string of the molecule is O=C(NNC(=O)c1cccc2c1OCO2)c1ccc[nH]1. The van der Waals surface area contributed by atoms with Crippen LogP contribution in [0.4, 0.5) is 0 Å². The van der Waals surface area contributed by atoms with Crippen molar-refractivity contribution in [3.05, 3.63) is 47.8 Å². The van der Waals surface area contributed by atoms with Crippen molar-refractivity contribution < 1.29 is 19.1 Å². The van der Waals surface area contributed by atoms with Gasteiger partial charge in [-0.3, -0.25) is 20.4 Å². The molecule has 2 aromatic rings. The average molecular weight is 273 g/mol. The molecule has 7 heteroatoms. The number of para-hydroxylation sites is 1. The Balaban J connectivity index is 1.68. The first-order valence-electron chi connectivity index (χ1n) is 5.88. The third kappa shape index (κ3) is 2.16. The first-order chi connectivity index (χ1) is 9.75. The summed E-state index contributed by atoms with van der Waals surface area (Å²) < 4.78 is 10.4. The molecule has 0 unspecified atom stereocenters. The minimum atomic E-state index is -0.479. The quantitative estimate of drug-likeness (QED) is 0.706. The fourth-order valence-electron chi connectivity index (χ4n) is 1.83. The summed E-state index contributed by atoms with van der Waals surface area (Å²) in [5.41, 5.74) is 5.28. The second-order valence-electron chi connectivity index (χ2n) is 4.03. The largest absolute Gasteiger partial charge is 0.454 e. The average Bonchev–Trinajstić information content (AvgIpc) is 3.13. The summed E-state index contributed by atoms with van der Waals surface area (Å²) in [6, 6.07) is 8.25. The predicted octanol–water partition coefficient (Wildman–Crippen LogP) is 0.818. The fourth-order valence-corrected chi connectivity index (χ4v) is 1.83. The second kappa shape index (κ2) is 4.96. The summed E-state index contributed by atoms with van der Waals surface area (Å²) in [7, 11) is 0. The highest BCUT2D eigenvalue weighted by molar-refractivity contribution is 6.00. The third-order valence-corrected chi connectivity index (χ3v) is 2.77. The number of benzene rings is 1. The van der Waals surface area contributed by atoms with Crippen molar-refractivity contribution in [2.24, 2.45) is 0 Å². The van der Waals surface area contributed by atoms with Crippen LogP contribution in [0.15, 0.2) is 36.5 Å². The number of hydrogen-bond donors (Lipinski definition) is 3. The number of fused-ring (bicyclic) bond motifs is 1. The molecule has 0 spiro atoms. The Morgan fingerprint density at radius 1 is 1.05 bits per heavy atom. The van der Waals surface area contributed by atoms with Crippen LogP contribution in [0.2, 0.25) is 0 Å². The topological polar surface area (TPSA) is 92.5 Å². The van der Waals surface area contributed by atoms with Gasteiger partial charge in [0.15, 0.2) is 11.5 Å². The van der Waals surface area contributed by atoms with Gasteiger partial charge in [0.2, 0.25) is 6.79 Å². The lowest BCUT2D eigenvalue weighted by atomic mass is 10.2. The molecule has 1 aromatic heterocycles. The van der Waals surface area contributed by atoms with Gasteiger partial charge in [0.25, 0.3) is 11.8 Å². The molecule has 7 nitrogen and oxygen atoms in total. The molecule has 1 aromatic carbocycles. The summed E-state index contributed by atoms with van der Waals surface area (Å²) in [4.78, 5) is 26.4. The molecule has 3 N–H and O–H groups in total. The van der Waals surface area contributed by atoms with Crippen molar-refractivity contribution in [3.8, 4) is 11.5 Å². The van der Waals surface area contributed by atoms with Gasteiger partial charge in [-0.05, 0) is 24.3 Å². The zero-order valence-electron chi connectivity index (χ0n) is 10.3. The van der Waals surface area contributed by atoms with Crippen LogP contribution in [0.25, 0.3) is 0 Å². The molecular formula is C13H11N3O4. The number of ether oxygens (including phenoxy) is 2. The Morgan fingerprint density at radius 2 is 1.90 bits per heavy atom. The summed E-state index contributed by atoms with van der Waals surface area (Å²) >= 11 is 0. The first kappa shape index (κ1) is 12.1. The van der Waals surface area contributed by atoms with Crippen molar-refractivity contribution in [1.82, 2.24) is 15.8 Å². The number of hydrogen-bond acceptors (Lipinski definition) is 4. The van der Waals surface area contributed by atoms with E-state index in [0.717, 1.165) is 0 Å². The molecule has 2 amide bonds. The number of aromatic amines is 1. The van der Waals surface area contributed by atoms with E-state index in [1.165, 1.54) is 0 Å². The highest BCUT2D eigenvalue weighted by Crippen LogP contribution is 2.34. The molecule has 0 saturated carbocycles. The molecule has 0 saturated heterocycles. The molecular weight excluding hydrogens is 262 g/mol. The van der Waals surface area contributed by atoms with Gasteiger partial charge in [-0.25, -0.2) is 0 Å². The van der Waals surface area contributed by atoms with Crippen LogP contribution in [0.5, 0.6) is 11.5 Å². The molecule has 1 aliphatic rings. The molecule has 0 fully saturated rings. The monoisotopic (exact) mass is 273 g/mol. The smallest absolute Gasteiger partial charge is 0.286 e. The molecule has 0 aliphatic carbocycles. The lowest BCUT2D eigenvalue weighted by Gasteiger charge is -2.08. The van der Waals surface area contributed by atoms with Gasteiger partial charge in [-0.15, -0.1) is 0 Å². The maximum absolute atomic E-state index is 12.0. The Morgan fingerprint density at radius 3 is 2.70 bits per heavy atom. The van der Waals surface area contributed by atoms with Crippen LogP contribution in [0, 0.1) is 0 Å². The number of nitrogens with one attached hydrogen (secondary N) is 3. The normalized spacial score (nSPS) is 12.0. The second-order valence-corrected chi connectivity index (χ2v) is 4.03. The highest BCUT2D eigenvalue weighted by Gasteiger charge is 2.22. The first-order valence-corrected chi connectivity index (χ1v) is 5.88. The van der Waals surface area contributed by atoms with Crippen molar-refractivity contribution in [2.75, 3.05) is 6.79 Å². The number of rotatable bonds is 2. The summed E-state index contributed by atoms with van der Waals surface area (Å²) in [5.74, 6) is -0.0344. The molecule has 0 atom stereocenters. The molecule has 2 heterocycles. The Kier molecular flexibility index (Phi) is 3.00. The summed E-state index contributed by atoms with van der Waals surface area (Å²) in [6.45, 7) is 0.0778. The van der Waals surface area contributed by atoms with Crippen molar-refractivity contribution in [3.63, 3.8) is 0 Å². The van der Waals surface area contributed by atoms with E-state index in [1.807, 2.05) is 0 Å². The van der Waals surface area contributed by atoms with Gasteiger partial charge in [0.1, 0.15) is 5.69 Å². The van der Waals surface area contributed by atoms with Crippen molar-refractivity contribution >= 4 is 11.8 Å². The van der Waals surface area contributed by atoms with Crippen LogP contribution >= 0.6 is 0 Å². The van der Waals surface area contributed by atoms with Gasteiger partial charge in [0, 0.05) is 6.20 Å². The van der Waals surface area contributed by atoms with Crippen LogP contribution < -0.4 is 20.3 Å². The number of H-pyrrole nitrogens is 1. The van der Waals surface area contributed by atoms with Crippen molar-refractivity contribution in [2.45, 2.75) is 0 Å². The van der Waals surface area contributed by atoms with E-state index in [2.05, 4.69) is 15.8 Å². The van der Waals surface area contributed by atoms with Crippen LogP contribution in [-0.2, 0) is 0 Å². The minimum Gasteiger partial charge on any atom is -0.454 e. The Hall–Kier alpha value is -2.96. The predicted molar refractivity (Wildman–Crippen MR) is 68.3 cm³/mol. The van der Waals surface area contributed by atoms with Crippen LogP contribution in [-0.4, -0.2) is 23.6 Å². The van der Waals surface area contributed by atoms with Crippen LogP contribution in [0.1, 0.15) is 20.8 Å². The molecule has 3 rings (SSSR count).